The molecule has 1 heterocycles. The van der Waals surface area contributed by atoms with Crippen molar-refractivity contribution in [2.24, 2.45) is 4.36 Å². The van der Waals surface area contributed by atoms with E-state index >= 15 is 0 Å². The van der Waals surface area contributed by atoms with Crippen LogP contribution in [0, 0.1) is 0 Å². The van der Waals surface area contributed by atoms with E-state index in [9.17, 15) is 9.32 Å². The highest BCUT2D eigenvalue weighted by molar-refractivity contribution is 7.95. The van der Waals surface area contributed by atoms with Crippen molar-refractivity contribution in [3.8, 4) is 0 Å². The van der Waals surface area contributed by atoms with E-state index in [0.29, 0.717) is 0 Å². The molecule has 68 valence electrons. The lowest BCUT2D eigenvalue weighted by Gasteiger charge is -2.13. The zero-order valence-electron chi connectivity index (χ0n) is 7.44. The summed E-state index contributed by atoms with van der Waals surface area (Å²) in [6, 6.07) is 0. The van der Waals surface area contributed by atoms with Crippen LogP contribution in [0.4, 0.5) is 0 Å². The maximum Gasteiger partial charge on any atom is 0.0779 e. The normalized spacial score (nSPS) is 31.7. The van der Waals surface area contributed by atoms with Crippen LogP contribution in [0.1, 0.15) is 13.8 Å². The van der Waals surface area contributed by atoms with Crippen LogP contribution < -0.4 is 0 Å². The van der Waals surface area contributed by atoms with Crippen molar-refractivity contribution >= 4 is 9.73 Å². The van der Waals surface area contributed by atoms with E-state index in [1.54, 1.807) is 18.6 Å². The zero-order valence-corrected chi connectivity index (χ0v) is 8.26. The highest BCUT2D eigenvalue weighted by Gasteiger charge is 2.12. The van der Waals surface area contributed by atoms with E-state index < -0.39 is 15.8 Å². The summed E-state index contributed by atoms with van der Waals surface area (Å²) in [6.45, 7) is 3.50. The van der Waals surface area contributed by atoms with Gasteiger partial charge in [0, 0.05) is 23.4 Å². The molecule has 0 spiro atoms. The fourth-order valence-electron chi connectivity index (χ4n) is 1.13. The first-order valence-electron chi connectivity index (χ1n) is 3.70. The van der Waals surface area contributed by atoms with Gasteiger partial charge in [-0.05, 0) is 19.4 Å². The van der Waals surface area contributed by atoms with E-state index in [2.05, 4.69) is 4.36 Å². The Kier molecular flexibility index (Phi) is 2.39. The molecule has 2 atom stereocenters. The van der Waals surface area contributed by atoms with Crippen molar-refractivity contribution in [1.82, 2.24) is 0 Å². The van der Waals surface area contributed by atoms with Gasteiger partial charge in [0.15, 0.2) is 0 Å². The first-order valence-corrected chi connectivity index (χ1v) is 5.69. The number of aliphatic hydroxyl groups is 1. The van der Waals surface area contributed by atoms with Gasteiger partial charge in [0.25, 0.3) is 0 Å². The summed E-state index contributed by atoms with van der Waals surface area (Å²) in [7, 11) is -2.17. The van der Waals surface area contributed by atoms with Gasteiger partial charge >= 0.3 is 0 Å². The van der Waals surface area contributed by atoms with Gasteiger partial charge < -0.3 is 5.11 Å². The lowest BCUT2D eigenvalue weighted by Crippen LogP contribution is -2.09. The minimum Gasteiger partial charge on any atom is -0.389 e. The highest BCUT2D eigenvalue weighted by atomic mass is 32.2. The van der Waals surface area contributed by atoms with Crippen LogP contribution in [-0.2, 0) is 9.73 Å². The molecule has 2 unspecified atom stereocenters. The molecule has 1 aliphatic heterocycles. The molecule has 0 saturated heterocycles. The zero-order chi connectivity index (χ0) is 9.35. The smallest absolute Gasteiger partial charge is 0.0779 e. The second-order valence-corrected chi connectivity index (χ2v) is 5.20. The Balaban J connectivity index is 3.17. The van der Waals surface area contributed by atoms with Gasteiger partial charge in [-0.3, -0.25) is 0 Å². The van der Waals surface area contributed by atoms with Gasteiger partial charge in [-0.15, -0.1) is 0 Å². The van der Waals surface area contributed by atoms with Crippen LogP contribution in [0.15, 0.2) is 27.1 Å². The molecule has 4 heteroatoms. The standard InChI is InChI=1S/C8H13NO2S/c1-6-5-12(3,11)9-4-8(6)7(2)10/h4-5,7,10H,1-3H3. The Morgan fingerprint density at radius 3 is 2.67 bits per heavy atom. The second kappa shape index (κ2) is 3.03. The topological polar surface area (TPSA) is 49.7 Å². The van der Waals surface area contributed by atoms with Gasteiger partial charge in [0.2, 0.25) is 0 Å². The van der Waals surface area contributed by atoms with Crippen LogP contribution in [0.3, 0.4) is 0 Å². The molecule has 1 N–H and O–H groups in total. The molecule has 1 aliphatic rings. The summed E-state index contributed by atoms with van der Waals surface area (Å²) in [6.07, 6.45) is 2.54. The third-order valence-electron chi connectivity index (χ3n) is 1.70. The molecule has 0 fully saturated rings. The molecule has 0 bridgehead atoms. The van der Waals surface area contributed by atoms with Crippen LogP contribution in [0.2, 0.25) is 0 Å². The van der Waals surface area contributed by atoms with Gasteiger partial charge in [-0.2, -0.15) is 0 Å². The Hall–Kier alpha value is -0.610. The number of nitrogens with zero attached hydrogens (tertiary/aromatic N) is 1. The Labute approximate surface area is 73.0 Å². The first-order chi connectivity index (χ1) is 5.42. The molecule has 3 nitrogen and oxygen atoms in total. The SMILES string of the molecule is CC1=CS(C)(=O)=NC=C1C(C)O. The average Bonchev–Trinajstić information content (AvgIpc) is 1.83. The van der Waals surface area contributed by atoms with Crippen molar-refractivity contribution < 1.29 is 9.32 Å². The van der Waals surface area contributed by atoms with Crippen molar-refractivity contribution in [3.63, 3.8) is 0 Å². The number of rotatable bonds is 1. The summed E-state index contributed by atoms with van der Waals surface area (Å²) in [4.78, 5) is 0. The predicted molar refractivity (Wildman–Crippen MR) is 50.0 cm³/mol. The minimum absolute atomic E-state index is 0.541. The molecular formula is C8H13NO2S. The number of hydrogen-bond donors (Lipinski definition) is 1. The van der Waals surface area contributed by atoms with Crippen molar-refractivity contribution in [1.29, 1.82) is 0 Å². The summed E-state index contributed by atoms with van der Waals surface area (Å²) >= 11 is 0. The Morgan fingerprint density at radius 1 is 1.67 bits per heavy atom. The molecular weight excluding hydrogens is 174 g/mol. The van der Waals surface area contributed by atoms with E-state index in [1.165, 1.54) is 6.20 Å². The van der Waals surface area contributed by atoms with Crippen molar-refractivity contribution in [2.45, 2.75) is 20.0 Å². The van der Waals surface area contributed by atoms with Crippen molar-refractivity contribution in [2.75, 3.05) is 6.26 Å². The molecule has 0 aromatic rings. The molecule has 0 aromatic heterocycles. The third kappa shape index (κ3) is 1.95. The fourth-order valence-corrected chi connectivity index (χ4v) is 2.30. The largest absolute Gasteiger partial charge is 0.389 e. The summed E-state index contributed by atoms with van der Waals surface area (Å²) in [5.41, 5.74) is 1.60. The van der Waals surface area contributed by atoms with E-state index in [4.69, 9.17) is 0 Å². The van der Waals surface area contributed by atoms with Gasteiger partial charge in [0.1, 0.15) is 0 Å². The second-order valence-electron chi connectivity index (χ2n) is 3.03. The Morgan fingerprint density at radius 2 is 2.25 bits per heavy atom. The molecule has 0 saturated carbocycles. The van der Waals surface area contributed by atoms with Gasteiger partial charge in [-0.25, -0.2) is 8.57 Å². The molecule has 0 radical (unpaired) electrons. The van der Waals surface area contributed by atoms with Crippen molar-refractivity contribution in [3.05, 3.63) is 22.8 Å². The summed E-state index contributed by atoms with van der Waals surface area (Å²) in [5.74, 6) is 0. The van der Waals surface area contributed by atoms with Crippen LogP contribution >= 0.6 is 0 Å². The molecule has 12 heavy (non-hydrogen) atoms. The number of aliphatic hydroxyl groups excluding tert-OH is 1. The maximum absolute atomic E-state index is 11.4. The predicted octanol–water partition coefficient (Wildman–Crippen LogP) is 1.27. The van der Waals surface area contributed by atoms with Crippen LogP contribution in [-0.4, -0.2) is 21.7 Å². The minimum atomic E-state index is -2.17. The third-order valence-corrected chi connectivity index (χ3v) is 3.02. The summed E-state index contributed by atoms with van der Waals surface area (Å²) in [5, 5.41) is 10.9. The molecule has 0 aromatic carbocycles. The quantitative estimate of drug-likeness (QED) is 0.672. The van der Waals surface area contributed by atoms with Crippen LogP contribution in [0.25, 0.3) is 0 Å². The average molecular weight is 187 g/mol. The summed E-state index contributed by atoms with van der Waals surface area (Å²) < 4.78 is 15.3. The van der Waals surface area contributed by atoms with Gasteiger partial charge in [0.05, 0.1) is 15.8 Å². The fraction of sp³-hybridized carbons (Fsp3) is 0.500. The number of hydrogen-bond acceptors (Lipinski definition) is 3. The monoisotopic (exact) mass is 187 g/mol. The first kappa shape index (κ1) is 9.48. The maximum atomic E-state index is 11.4. The lowest BCUT2D eigenvalue weighted by molar-refractivity contribution is 0.233. The van der Waals surface area contributed by atoms with Gasteiger partial charge in [-0.1, -0.05) is 0 Å². The lowest BCUT2D eigenvalue weighted by atomic mass is 10.1. The van der Waals surface area contributed by atoms with E-state index in [1.807, 2.05) is 6.92 Å². The molecule has 0 amide bonds. The highest BCUT2D eigenvalue weighted by Crippen LogP contribution is 2.20. The molecule has 1 rings (SSSR count). The van der Waals surface area contributed by atoms with E-state index in [0.717, 1.165) is 11.1 Å². The van der Waals surface area contributed by atoms with E-state index in [-0.39, 0.29) is 0 Å². The van der Waals surface area contributed by atoms with Crippen LogP contribution in [0.5, 0.6) is 0 Å². The molecule has 0 aliphatic carbocycles. The Bertz CT molecular complexity index is 357.